The average molecular weight is 699 g/mol. The van der Waals surface area contributed by atoms with E-state index in [9.17, 15) is 14.4 Å². The molecule has 2 aromatic carbocycles. The van der Waals surface area contributed by atoms with Crippen molar-refractivity contribution in [2.75, 3.05) is 26.2 Å². The Balaban J connectivity index is 0.000000296. The second-order valence-corrected chi connectivity index (χ2v) is 12.9. The van der Waals surface area contributed by atoms with Crippen LogP contribution < -0.4 is 21.7 Å². The number of ether oxygens (including phenoxy) is 1. The molecular formula is C35H47ClN6O5S. The lowest BCUT2D eigenvalue weighted by Gasteiger charge is -2.24. The lowest BCUT2D eigenvalue weighted by Crippen LogP contribution is -2.48. The van der Waals surface area contributed by atoms with Crippen LogP contribution in [0.2, 0.25) is 5.02 Å². The molecule has 11 nitrogen and oxygen atoms in total. The highest BCUT2D eigenvalue weighted by Crippen LogP contribution is 2.19. The summed E-state index contributed by atoms with van der Waals surface area (Å²) in [4.78, 5) is 39.3. The largest absolute Gasteiger partial charge is 0.445 e. The number of nitrogens with one attached hydrogen (secondary N) is 4. The zero-order valence-corrected chi connectivity index (χ0v) is 29.0. The molecule has 1 atom stereocenters. The van der Waals surface area contributed by atoms with Crippen molar-refractivity contribution >= 4 is 46.7 Å². The van der Waals surface area contributed by atoms with Gasteiger partial charge in [-0.2, -0.15) is 0 Å². The monoisotopic (exact) mass is 698 g/mol. The molecule has 0 spiro atoms. The maximum atomic E-state index is 12.6. The van der Waals surface area contributed by atoms with Gasteiger partial charge in [0.15, 0.2) is 0 Å². The van der Waals surface area contributed by atoms with Gasteiger partial charge in [0.2, 0.25) is 11.8 Å². The summed E-state index contributed by atoms with van der Waals surface area (Å²) in [5.74, 6) is 0.437. The van der Waals surface area contributed by atoms with E-state index in [1.165, 1.54) is 48.6 Å². The first-order valence-corrected chi connectivity index (χ1v) is 17.4. The number of carbonyl (C=O) groups is 3. The fraction of sp³-hybridized carbons (Fsp3) is 0.429. The van der Waals surface area contributed by atoms with Crippen LogP contribution in [0, 0.1) is 11.3 Å². The van der Waals surface area contributed by atoms with Gasteiger partial charge >= 0.3 is 6.09 Å². The van der Waals surface area contributed by atoms with Crippen LogP contribution in [0.15, 0.2) is 66.0 Å². The van der Waals surface area contributed by atoms with Crippen LogP contribution in [-0.4, -0.2) is 66.0 Å². The van der Waals surface area contributed by atoms with Gasteiger partial charge in [0.05, 0.1) is 13.2 Å². The molecule has 2 fully saturated rings. The summed E-state index contributed by atoms with van der Waals surface area (Å²) >= 11 is 6.99. The first-order valence-electron chi connectivity index (χ1n) is 16.2. The normalized spacial score (nSPS) is 15.6. The maximum absolute atomic E-state index is 12.6. The van der Waals surface area contributed by atoms with Gasteiger partial charge in [-0.15, -0.1) is 11.3 Å². The molecule has 260 valence electrons. The Kier molecular flexibility index (Phi) is 16.9. The van der Waals surface area contributed by atoms with E-state index in [-0.39, 0.29) is 37.4 Å². The molecule has 2 aliphatic rings. The van der Waals surface area contributed by atoms with Gasteiger partial charge in [-0.3, -0.25) is 15.0 Å². The van der Waals surface area contributed by atoms with Gasteiger partial charge < -0.3 is 36.4 Å². The Bertz CT molecular complexity index is 1430. The quantitative estimate of drug-likeness (QED) is 0.131. The highest BCUT2D eigenvalue weighted by atomic mass is 35.5. The summed E-state index contributed by atoms with van der Waals surface area (Å²) in [6, 6.07) is 17.5. The number of carbonyl (C=O) groups excluding carboxylic acids is 3. The van der Waals surface area contributed by atoms with Gasteiger partial charge in [-0.1, -0.05) is 67.4 Å². The number of nitrogens with two attached hydrogens (primary N) is 1. The topological polar surface area (TPSA) is 170 Å². The van der Waals surface area contributed by atoms with E-state index in [1.807, 2.05) is 30.3 Å². The number of likely N-dealkylation sites (tertiary alicyclic amines) is 1. The molecule has 7 N–H and O–H groups in total. The van der Waals surface area contributed by atoms with Crippen molar-refractivity contribution in [3.8, 4) is 0 Å². The fourth-order valence-corrected chi connectivity index (χ4v) is 6.10. The van der Waals surface area contributed by atoms with Crippen molar-refractivity contribution in [3.05, 3.63) is 92.6 Å². The predicted molar refractivity (Wildman–Crippen MR) is 190 cm³/mol. The number of nitrogens with zero attached hydrogens (tertiary/aromatic N) is 1. The summed E-state index contributed by atoms with van der Waals surface area (Å²) in [7, 11) is 0. The molecule has 1 aromatic heterocycles. The van der Waals surface area contributed by atoms with Crippen molar-refractivity contribution in [3.63, 3.8) is 0 Å². The van der Waals surface area contributed by atoms with Crippen LogP contribution in [0.4, 0.5) is 4.79 Å². The average Bonchev–Trinajstić information content (AvgIpc) is 3.81. The number of hydrogen-bond donors (Lipinski definition) is 6. The van der Waals surface area contributed by atoms with E-state index in [0.29, 0.717) is 30.1 Å². The third-order valence-corrected chi connectivity index (χ3v) is 9.19. The number of amidine groups is 1. The predicted octanol–water partition coefficient (Wildman–Crippen LogP) is 4.79. The molecule has 2 saturated heterocycles. The lowest BCUT2D eigenvalue weighted by atomic mass is 9.96. The van der Waals surface area contributed by atoms with E-state index in [0.717, 1.165) is 28.3 Å². The molecule has 48 heavy (non-hydrogen) atoms. The van der Waals surface area contributed by atoms with Gasteiger partial charge in [0.1, 0.15) is 25.0 Å². The van der Waals surface area contributed by atoms with Gasteiger partial charge in [-0.25, -0.2) is 4.79 Å². The van der Waals surface area contributed by atoms with Gasteiger partial charge in [0.25, 0.3) is 0 Å². The molecule has 1 unspecified atom stereocenters. The Hall–Kier alpha value is -3.97. The van der Waals surface area contributed by atoms with Crippen molar-refractivity contribution < 1.29 is 24.2 Å². The molecule has 0 radical (unpaired) electrons. The summed E-state index contributed by atoms with van der Waals surface area (Å²) in [6.07, 6.45) is 4.78. The molecule has 3 aromatic rings. The van der Waals surface area contributed by atoms with Gasteiger partial charge in [0, 0.05) is 27.4 Å². The standard InChI is InChI=1S/C21H25N5O4S.C7H7ClO.C7H15N/c22-19(23)15-9-16(31-13-15)10-24-20(28)17-7-4-8-26(17)18(27)11-25-21(29)30-12-14-5-2-1-3-6-14;8-7-3-1-6(5-9)2-4-7;1-2-7-3-5-8-6-4-7/h1-3,5-6,9,13,17H,4,7-8,10-12H2,(H3,22,23)(H,24,28)(H,25,29);1-4,9H,5H2;7-8H,2-6H2,1H3. The number of aliphatic hydroxyl groups is 1. The first kappa shape index (κ1) is 38.5. The van der Waals surface area contributed by atoms with Crippen LogP contribution in [-0.2, 0) is 34.1 Å². The SMILES string of the molecule is CCC1CCNCC1.N=C(N)c1csc(CNC(=O)C2CCCN2C(=O)CNC(=O)OCc2ccccc2)c1.OCc1ccc(Cl)cc1. The van der Waals surface area contributed by atoms with Crippen LogP contribution in [0.25, 0.3) is 0 Å². The first-order chi connectivity index (χ1) is 23.2. The highest BCUT2D eigenvalue weighted by molar-refractivity contribution is 7.10. The zero-order chi connectivity index (χ0) is 34.7. The Labute approximate surface area is 291 Å². The smallest absolute Gasteiger partial charge is 0.407 e. The maximum Gasteiger partial charge on any atom is 0.407 e. The van der Waals surface area contributed by atoms with Crippen LogP contribution in [0.5, 0.6) is 0 Å². The third kappa shape index (κ3) is 13.6. The fourth-order valence-electron chi connectivity index (χ4n) is 5.15. The molecule has 13 heteroatoms. The van der Waals surface area contributed by atoms with Crippen LogP contribution in [0.1, 0.15) is 60.6 Å². The Morgan fingerprint density at radius 2 is 1.77 bits per heavy atom. The van der Waals surface area contributed by atoms with Crippen molar-refractivity contribution in [1.29, 1.82) is 5.41 Å². The molecule has 0 saturated carbocycles. The van der Waals surface area contributed by atoms with Crippen LogP contribution >= 0.6 is 22.9 Å². The van der Waals surface area contributed by atoms with E-state index in [1.54, 1.807) is 35.7 Å². The number of aliphatic hydroxyl groups excluding tert-OH is 1. The molecule has 5 rings (SSSR count). The second-order valence-electron chi connectivity index (χ2n) is 11.5. The molecular weight excluding hydrogens is 652 g/mol. The molecule has 2 aliphatic heterocycles. The lowest BCUT2D eigenvalue weighted by molar-refractivity contribution is -0.137. The number of amides is 3. The molecule has 3 heterocycles. The molecule has 0 bridgehead atoms. The van der Waals surface area contributed by atoms with E-state index >= 15 is 0 Å². The number of benzene rings is 2. The van der Waals surface area contributed by atoms with Crippen molar-refractivity contribution in [2.24, 2.45) is 11.7 Å². The second kappa shape index (κ2) is 21.1. The summed E-state index contributed by atoms with van der Waals surface area (Å²) in [5.41, 5.74) is 7.81. The molecule has 3 amide bonds. The third-order valence-electron chi connectivity index (χ3n) is 8.01. The number of rotatable bonds is 10. The Morgan fingerprint density at radius 1 is 1.06 bits per heavy atom. The van der Waals surface area contributed by atoms with E-state index in [2.05, 4.69) is 22.9 Å². The number of thiophene rings is 1. The summed E-state index contributed by atoms with van der Waals surface area (Å²) < 4.78 is 5.10. The number of halogens is 1. The minimum absolute atomic E-state index is 0.0174. The Morgan fingerprint density at radius 3 is 2.38 bits per heavy atom. The van der Waals surface area contributed by atoms with Crippen molar-refractivity contribution in [1.82, 2.24) is 20.9 Å². The molecule has 0 aliphatic carbocycles. The highest BCUT2D eigenvalue weighted by Gasteiger charge is 2.34. The van der Waals surface area contributed by atoms with Gasteiger partial charge in [-0.05, 0) is 74.0 Å². The minimum Gasteiger partial charge on any atom is -0.445 e. The van der Waals surface area contributed by atoms with E-state index < -0.39 is 12.1 Å². The van der Waals surface area contributed by atoms with E-state index in [4.69, 9.17) is 32.6 Å². The van der Waals surface area contributed by atoms with Crippen molar-refractivity contribution in [2.45, 2.75) is 64.8 Å². The number of piperidine rings is 1. The number of nitrogen functional groups attached to an aromatic ring is 1. The minimum atomic E-state index is -0.684. The van der Waals surface area contributed by atoms with Crippen LogP contribution in [0.3, 0.4) is 0 Å². The zero-order valence-electron chi connectivity index (χ0n) is 27.4. The summed E-state index contributed by atoms with van der Waals surface area (Å²) in [6.45, 7) is 5.52. The number of alkyl carbamates (subject to hydrolysis) is 1. The summed E-state index contributed by atoms with van der Waals surface area (Å²) in [5, 5.41) is 27.1. The number of hydrogen-bond acceptors (Lipinski definition) is 8.